The van der Waals surface area contributed by atoms with Crippen molar-refractivity contribution in [1.29, 1.82) is 0 Å². The van der Waals surface area contributed by atoms with Crippen molar-refractivity contribution in [3.63, 3.8) is 0 Å². The van der Waals surface area contributed by atoms with Gasteiger partial charge in [0.25, 0.3) is 0 Å². The van der Waals surface area contributed by atoms with Gasteiger partial charge < -0.3 is 9.84 Å². The molecule has 0 bridgehead atoms. The summed E-state index contributed by atoms with van der Waals surface area (Å²) in [6.07, 6.45) is -12.7. The average Bonchev–Trinajstić information content (AvgIpc) is 2.37. The second-order valence-electron chi connectivity index (χ2n) is 3.89. The normalized spacial score (nSPS) is 13.2. The SMILES string of the molecule is O=C(Oc1c(Br)cc(Br)c(Br)c1Br)C(O)(C(F)(F)F)C(F)(F)F. The van der Waals surface area contributed by atoms with Crippen molar-refractivity contribution in [2.75, 3.05) is 0 Å². The first kappa shape index (κ1) is 21.2. The molecule has 0 fully saturated rings. The molecule has 1 aromatic carbocycles. The fourth-order valence-electron chi connectivity index (χ4n) is 1.20. The van der Waals surface area contributed by atoms with Crippen molar-refractivity contribution < 1.29 is 41.0 Å². The smallest absolute Gasteiger partial charge is 0.421 e. The molecule has 23 heavy (non-hydrogen) atoms. The highest BCUT2D eigenvalue weighted by Gasteiger charge is 2.76. The largest absolute Gasteiger partial charge is 0.437 e. The summed E-state index contributed by atoms with van der Waals surface area (Å²) in [5.41, 5.74) is -5.67. The van der Waals surface area contributed by atoms with E-state index in [9.17, 15) is 31.1 Å². The minimum atomic E-state index is -6.33. The highest BCUT2D eigenvalue weighted by Crippen LogP contribution is 2.47. The molecule has 0 amide bonds. The second kappa shape index (κ2) is 6.81. The molecule has 0 saturated heterocycles. The molecule has 0 aliphatic rings. The minimum absolute atomic E-state index is 0.139. The summed E-state index contributed by atoms with van der Waals surface area (Å²) in [5.74, 6) is -3.62. The van der Waals surface area contributed by atoms with Gasteiger partial charge in [0.05, 0.1) is 8.95 Å². The second-order valence-corrected chi connectivity index (χ2v) is 7.19. The zero-order chi connectivity index (χ0) is 18.4. The predicted molar refractivity (Wildman–Crippen MR) is 79.9 cm³/mol. The lowest BCUT2D eigenvalue weighted by Crippen LogP contribution is -2.63. The number of benzene rings is 1. The minimum Gasteiger partial charge on any atom is -0.421 e. The van der Waals surface area contributed by atoms with E-state index < -0.39 is 29.7 Å². The van der Waals surface area contributed by atoms with Crippen molar-refractivity contribution >= 4 is 69.7 Å². The Morgan fingerprint density at radius 2 is 1.35 bits per heavy atom. The molecule has 0 saturated carbocycles. The van der Waals surface area contributed by atoms with Gasteiger partial charge in [-0.25, -0.2) is 4.79 Å². The average molecular weight is 604 g/mol. The first-order valence-electron chi connectivity index (χ1n) is 5.05. The highest BCUT2D eigenvalue weighted by molar-refractivity contribution is 9.14. The quantitative estimate of drug-likeness (QED) is 0.160. The number of halogens is 10. The van der Waals surface area contributed by atoms with Crippen LogP contribution in [0, 0.1) is 0 Å². The van der Waals surface area contributed by atoms with Crippen LogP contribution in [0.3, 0.4) is 0 Å². The summed E-state index contributed by atoms with van der Waals surface area (Å²) in [7, 11) is 0. The van der Waals surface area contributed by atoms with Crippen LogP contribution < -0.4 is 4.74 Å². The lowest BCUT2D eigenvalue weighted by atomic mass is 10.0. The van der Waals surface area contributed by atoms with Crippen LogP contribution in [-0.2, 0) is 4.79 Å². The molecule has 1 rings (SSSR count). The molecule has 0 unspecified atom stereocenters. The van der Waals surface area contributed by atoms with Gasteiger partial charge in [-0.1, -0.05) is 0 Å². The van der Waals surface area contributed by atoms with Crippen LogP contribution >= 0.6 is 63.7 Å². The predicted octanol–water partition coefficient (Wildman–Crippen LogP) is 5.50. The third-order valence-corrected chi connectivity index (χ3v) is 6.24. The maximum atomic E-state index is 12.6. The molecule has 0 atom stereocenters. The lowest BCUT2D eigenvalue weighted by Gasteiger charge is -2.30. The van der Waals surface area contributed by atoms with E-state index in [1.165, 1.54) is 6.07 Å². The van der Waals surface area contributed by atoms with E-state index in [0.717, 1.165) is 0 Å². The summed E-state index contributed by atoms with van der Waals surface area (Å²) in [6.45, 7) is 0. The van der Waals surface area contributed by atoms with Crippen LogP contribution in [-0.4, -0.2) is 29.0 Å². The molecule has 0 aromatic heterocycles. The van der Waals surface area contributed by atoms with Gasteiger partial charge in [-0.2, -0.15) is 26.3 Å². The van der Waals surface area contributed by atoms with Crippen LogP contribution in [0.4, 0.5) is 26.3 Å². The molecule has 1 aromatic rings. The summed E-state index contributed by atoms with van der Waals surface area (Å²) >= 11 is 11.7. The van der Waals surface area contributed by atoms with Gasteiger partial charge >= 0.3 is 23.9 Å². The fraction of sp³-hybridized carbons (Fsp3) is 0.300. The number of rotatable bonds is 2. The molecule has 130 valence electrons. The maximum absolute atomic E-state index is 12.6. The highest BCUT2D eigenvalue weighted by atomic mass is 79.9. The molecular weight excluding hydrogens is 602 g/mol. The first-order chi connectivity index (χ1) is 10.1. The van der Waals surface area contributed by atoms with Crippen LogP contribution in [0.2, 0.25) is 0 Å². The molecule has 13 heteroatoms. The van der Waals surface area contributed by atoms with Crippen molar-refractivity contribution in [3.8, 4) is 5.75 Å². The van der Waals surface area contributed by atoms with Gasteiger partial charge in [-0.15, -0.1) is 0 Å². The fourth-order valence-corrected chi connectivity index (χ4v) is 3.78. The molecule has 1 N–H and O–H groups in total. The molecule has 0 spiro atoms. The van der Waals surface area contributed by atoms with E-state index in [2.05, 4.69) is 68.5 Å². The lowest BCUT2D eigenvalue weighted by molar-refractivity contribution is -0.354. The monoisotopic (exact) mass is 600 g/mol. The Morgan fingerprint density at radius 3 is 1.74 bits per heavy atom. The van der Waals surface area contributed by atoms with Crippen LogP contribution in [0.5, 0.6) is 5.75 Å². The van der Waals surface area contributed by atoms with E-state index in [-0.39, 0.29) is 13.4 Å². The van der Waals surface area contributed by atoms with Gasteiger partial charge in [0.15, 0.2) is 5.75 Å². The maximum Gasteiger partial charge on any atom is 0.437 e. The van der Waals surface area contributed by atoms with Gasteiger partial charge in [0.1, 0.15) is 0 Å². The van der Waals surface area contributed by atoms with E-state index in [4.69, 9.17) is 5.11 Å². The number of hydrogen-bond acceptors (Lipinski definition) is 3. The molecular formula is C10H2Br4F6O3. The van der Waals surface area contributed by atoms with Crippen molar-refractivity contribution in [1.82, 2.24) is 0 Å². The Morgan fingerprint density at radius 1 is 0.913 bits per heavy atom. The molecule has 0 heterocycles. The number of ether oxygens (including phenoxy) is 1. The Balaban J connectivity index is 3.39. The van der Waals surface area contributed by atoms with E-state index >= 15 is 0 Å². The van der Waals surface area contributed by atoms with Gasteiger partial charge in [0.2, 0.25) is 0 Å². The zero-order valence-corrected chi connectivity index (χ0v) is 16.5. The number of carbonyl (C=O) groups is 1. The van der Waals surface area contributed by atoms with Crippen molar-refractivity contribution in [2.45, 2.75) is 18.0 Å². The van der Waals surface area contributed by atoms with Gasteiger partial charge in [0, 0.05) is 8.95 Å². The van der Waals surface area contributed by atoms with Gasteiger partial charge in [-0.3, -0.25) is 0 Å². The third kappa shape index (κ3) is 3.88. The summed E-state index contributed by atoms with van der Waals surface area (Å²) in [4.78, 5) is 11.4. The Kier molecular flexibility index (Phi) is 6.27. The Hall–Kier alpha value is 0.150. The number of hydrogen-bond donors (Lipinski definition) is 1. The third-order valence-electron chi connectivity index (χ3n) is 2.38. The standard InChI is InChI=1S/C10H2Br4F6O3/c11-2-1-3(12)6(5(14)4(2)13)23-7(21)8(22,9(15,16)17)10(18,19)20/h1,22H. The Bertz CT molecular complexity index is 629. The number of aliphatic hydroxyl groups is 1. The van der Waals surface area contributed by atoms with Crippen molar-refractivity contribution in [2.24, 2.45) is 0 Å². The summed E-state index contributed by atoms with van der Waals surface area (Å²) in [6, 6.07) is 1.21. The van der Waals surface area contributed by atoms with Gasteiger partial charge in [-0.05, 0) is 69.8 Å². The molecule has 0 radical (unpaired) electrons. The molecule has 0 aliphatic carbocycles. The van der Waals surface area contributed by atoms with Crippen LogP contribution in [0.1, 0.15) is 0 Å². The van der Waals surface area contributed by atoms with E-state index in [1.54, 1.807) is 0 Å². The first-order valence-corrected chi connectivity index (χ1v) is 8.23. The number of alkyl halides is 6. The molecule has 3 nitrogen and oxygen atoms in total. The summed E-state index contributed by atoms with van der Waals surface area (Å²) < 4.78 is 79.9. The topological polar surface area (TPSA) is 46.5 Å². The number of carbonyl (C=O) groups excluding carboxylic acids is 1. The number of esters is 1. The molecule has 0 aliphatic heterocycles. The Labute approximate surface area is 157 Å². The van der Waals surface area contributed by atoms with E-state index in [1.807, 2.05) is 0 Å². The van der Waals surface area contributed by atoms with Crippen LogP contribution in [0.25, 0.3) is 0 Å². The van der Waals surface area contributed by atoms with Crippen LogP contribution in [0.15, 0.2) is 24.0 Å². The summed E-state index contributed by atoms with van der Waals surface area (Å²) in [5, 5.41) is 8.94. The van der Waals surface area contributed by atoms with Crippen molar-refractivity contribution in [3.05, 3.63) is 24.0 Å². The zero-order valence-electron chi connectivity index (χ0n) is 10.1. The van der Waals surface area contributed by atoms with E-state index in [0.29, 0.717) is 4.47 Å².